The van der Waals surface area contributed by atoms with E-state index < -0.39 is 11.9 Å². The van der Waals surface area contributed by atoms with E-state index >= 15 is 0 Å². The number of rotatable bonds is 10. The molecule has 0 aliphatic carbocycles. The smallest absolute Gasteiger partial charge is 0.343 e. The van der Waals surface area contributed by atoms with Crippen LogP contribution in [-0.4, -0.2) is 32.8 Å². The zero-order valence-corrected chi connectivity index (χ0v) is 19.8. The van der Waals surface area contributed by atoms with E-state index in [2.05, 4.69) is 6.92 Å². The third kappa shape index (κ3) is 6.28. The average molecular weight is 465 g/mol. The summed E-state index contributed by atoms with van der Waals surface area (Å²) in [7, 11) is 3.05. The van der Waals surface area contributed by atoms with Crippen molar-refractivity contribution in [2.24, 2.45) is 0 Å². The monoisotopic (exact) mass is 464 g/mol. The Bertz CT molecular complexity index is 1150. The van der Waals surface area contributed by atoms with Gasteiger partial charge in [-0.1, -0.05) is 19.4 Å². The second-order valence-electron chi connectivity index (χ2n) is 7.51. The van der Waals surface area contributed by atoms with Crippen LogP contribution < -0.4 is 23.7 Å². The molecule has 0 unspecified atom stereocenters. The predicted molar refractivity (Wildman–Crippen MR) is 127 cm³/mol. The summed E-state index contributed by atoms with van der Waals surface area (Å²) in [6.07, 6.45) is 1.95. The maximum Gasteiger partial charge on any atom is 0.343 e. The maximum absolute atomic E-state index is 12.7. The normalized spacial score (nSPS) is 10.4. The van der Waals surface area contributed by atoms with Crippen molar-refractivity contribution in [1.29, 1.82) is 0 Å². The van der Waals surface area contributed by atoms with E-state index in [-0.39, 0.29) is 0 Å². The molecule has 3 rings (SSSR count). The van der Waals surface area contributed by atoms with Crippen molar-refractivity contribution in [3.8, 4) is 28.7 Å². The first-order valence-electron chi connectivity index (χ1n) is 10.9. The molecule has 0 heterocycles. The van der Waals surface area contributed by atoms with Crippen LogP contribution in [-0.2, 0) is 0 Å². The lowest BCUT2D eigenvalue weighted by molar-refractivity contribution is 0.0718. The van der Waals surface area contributed by atoms with E-state index in [0.29, 0.717) is 52.0 Å². The quantitative estimate of drug-likeness (QED) is 0.219. The molecule has 0 atom stereocenters. The minimum absolute atomic E-state index is 0.325. The summed E-state index contributed by atoms with van der Waals surface area (Å²) in [5.74, 6) is 1.23. The molecule has 0 aliphatic heterocycles. The summed E-state index contributed by atoms with van der Waals surface area (Å²) in [6.45, 7) is 4.42. The van der Waals surface area contributed by atoms with Crippen molar-refractivity contribution < 1.29 is 33.3 Å². The first-order chi connectivity index (χ1) is 16.4. The number of unbranched alkanes of at least 4 members (excludes halogenated alkanes) is 1. The van der Waals surface area contributed by atoms with Gasteiger partial charge in [0.25, 0.3) is 0 Å². The summed E-state index contributed by atoms with van der Waals surface area (Å²) >= 11 is 0. The van der Waals surface area contributed by atoms with E-state index in [0.717, 1.165) is 12.8 Å². The van der Waals surface area contributed by atoms with Gasteiger partial charge in [0.05, 0.1) is 32.0 Å². The number of aryl methyl sites for hydroxylation is 1. The minimum atomic E-state index is -0.543. The fourth-order valence-corrected chi connectivity index (χ4v) is 3.11. The van der Waals surface area contributed by atoms with E-state index in [1.807, 2.05) is 0 Å². The zero-order chi connectivity index (χ0) is 24.5. The Morgan fingerprint density at radius 3 is 2.18 bits per heavy atom. The Labute approximate surface area is 199 Å². The molecule has 3 aromatic rings. The van der Waals surface area contributed by atoms with Crippen molar-refractivity contribution in [3.05, 3.63) is 77.4 Å². The van der Waals surface area contributed by atoms with Crippen LogP contribution in [0.1, 0.15) is 46.0 Å². The Morgan fingerprint density at radius 1 is 0.735 bits per heavy atom. The number of esters is 2. The third-order valence-electron chi connectivity index (χ3n) is 5.02. The van der Waals surface area contributed by atoms with Gasteiger partial charge in [0.15, 0.2) is 11.5 Å². The number of carbonyl (C=O) groups is 2. The van der Waals surface area contributed by atoms with Gasteiger partial charge in [-0.2, -0.15) is 0 Å². The van der Waals surface area contributed by atoms with Gasteiger partial charge < -0.3 is 23.7 Å². The van der Waals surface area contributed by atoms with Gasteiger partial charge in [-0.3, -0.25) is 0 Å². The van der Waals surface area contributed by atoms with Crippen molar-refractivity contribution in [3.63, 3.8) is 0 Å². The molecule has 0 amide bonds. The molecule has 0 saturated carbocycles. The molecule has 0 fully saturated rings. The molecule has 0 aromatic heterocycles. The lowest BCUT2D eigenvalue weighted by Crippen LogP contribution is -2.11. The van der Waals surface area contributed by atoms with E-state index in [1.165, 1.54) is 14.2 Å². The fraction of sp³-hybridized carbons (Fsp3) is 0.259. The van der Waals surface area contributed by atoms with Gasteiger partial charge in [0, 0.05) is 0 Å². The van der Waals surface area contributed by atoms with Crippen LogP contribution in [0.25, 0.3) is 0 Å². The maximum atomic E-state index is 12.7. The Morgan fingerprint density at radius 2 is 1.47 bits per heavy atom. The summed E-state index contributed by atoms with van der Waals surface area (Å²) in [5, 5.41) is 0. The molecule has 0 N–H and O–H groups in total. The highest BCUT2D eigenvalue weighted by Crippen LogP contribution is 2.30. The second-order valence-corrected chi connectivity index (χ2v) is 7.51. The van der Waals surface area contributed by atoms with Crippen LogP contribution in [0.2, 0.25) is 0 Å². The largest absolute Gasteiger partial charge is 0.497 e. The van der Waals surface area contributed by atoms with E-state index in [9.17, 15) is 9.59 Å². The van der Waals surface area contributed by atoms with Crippen LogP contribution in [0.15, 0.2) is 60.7 Å². The Balaban J connectivity index is 1.67. The summed E-state index contributed by atoms with van der Waals surface area (Å²) < 4.78 is 27.2. The highest BCUT2D eigenvalue weighted by molar-refractivity contribution is 5.92. The number of methoxy groups -OCH3 is 2. The highest BCUT2D eigenvalue weighted by atomic mass is 16.5. The van der Waals surface area contributed by atoms with Crippen LogP contribution in [0, 0.1) is 6.92 Å². The molecule has 0 bridgehead atoms. The van der Waals surface area contributed by atoms with Gasteiger partial charge in [-0.15, -0.1) is 0 Å². The summed E-state index contributed by atoms with van der Waals surface area (Å²) in [4.78, 5) is 25.1. The first kappa shape index (κ1) is 24.6. The standard InChI is InChI=1S/C27H28O7/c1-5-6-14-32-24-12-10-20(17-25(24)31-4)26(28)33-22-11-13-23(18(2)15-22)34-27(29)19-8-7-9-21(16-19)30-3/h7-13,15-17H,5-6,14H2,1-4H3. The Hall–Kier alpha value is -4.00. The van der Waals surface area contributed by atoms with Crippen molar-refractivity contribution >= 4 is 11.9 Å². The zero-order valence-electron chi connectivity index (χ0n) is 19.8. The van der Waals surface area contributed by atoms with Gasteiger partial charge in [-0.25, -0.2) is 9.59 Å². The number of hydrogen-bond acceptors (Lipinski definition) is 7. The van der Waals surface area contributed by atoms with Gasteiger partial charge in [0.2, 0.25) is 0 Å². The summed E-state index contributed by atoms with van der Waals surface area (Å²) in [6, 6.07) is 16.4. The average Bonchev–Trinajstić information content (AvgIpc) is 2.85. The van der Waals surface area contributed by atoms with Gasteiger partial charge in [0.1, 0.15) is 17.2 Å². The first-order valence-corrected chi connectivity index (χ1v) is 10.9. The van der Waals surface area contributed by atoms with Gasteiger partial charge >= 0.3 is 11.9 Å². The Kier molecular flexibility index (Phi) is 8.51. The SMILES string of the molecule is CCCCOc1ccc(C(=O)Oc2ccc(OC(=O)c3cccc(OC)c3)c(C)c2)cc1OC. The molecular weight excluding hydrogens is 436 g/mol. The third-order valence-corrected chi connectivity index (χ3v) is 5.02. The molecule has 7 heteroatoms. The van der Waals surface area contributed by atoms with E-state index in [1.54, 1.807) is 67.6 Å². The number of hydrogen-bond donors (Lipinski definition) is 0. The molecule has 7 nitrogen and oxygen atoms in total. The number of carbonyl (C=O) groups excluding carboxylic acids is 2. The second kappa shape index (κ2) is 11.7. The summed E-state index contributed by atoms with van der Waals surface area (Å²) in [5.41, 5.74) is 1.33. The molecule has 0 spiro atoms. The topological polar surface area (TPSA) is 80.3 Å². The molecular formula is C27H28O7. The van der Waals surface area contributed by atoms with Crippen molar-refractivity contribution in [2.45, 2.75) is 26.7 Å². The highest BCUT2D eigenvalue weighted by Gasteiger charge is 2.16. The van der Waals surface area contributed by atoms with E-state index in [4.69, 9.17) is 23.7 Å². The number of ether oxygens (including phenoxy) is 5. The van der Waals surface area contributed by atoms with Crippen LogP contribution in [0.4, 0.5) is 0 Å². The van der Waals surface area contributed by atoms with Crippen molar-refractivity contribution in [1.82, 2.24) is 0 Å². The molecule has 0 saturated heterocycles. The van der Waals surface area contributed by atoms with Gasteiger partial charge in [-0.05, 0) is 73.5 Å². The number of benzene rings is 3. The van der Waals surface area contributed by atoms with Crippen LogP contribution >= 0.6 is 0 Å². The molecule has 3 aromatic carbocycles. The predicted octanol–water partition coefficient (Wildman–Crippen LogP) is 5.63. The molecule has 34 heavy (non-hydrogen) atoms. The minimum Gasteiger partial charge on any atom is -0.497 e. The van der Waals surface area contributed by atoms with Crippen LogP contribution in [0.5, 0.6) is 28.7 Å². The lowest BCUT2D eigenvalue weighted by atomic mass is 10.2. The molecule has 0 radical (unpaired) electrons. The van der Waals surface area contributed by atoms with Crippen molar-refractivity contribution in [2.75, 3.05) is 20.8 Å². The fourth-order valence-electron chi connectivity index (χ4n) is 3.11. The van der Waals surface area contributed by atoms with Crippen LogP contribution in [0.3, 0.4) is 0 Å². The molecule has 0 aliphatic rings. The molecule has 178 valence electrons. The lowest BCUT2D eigenvalue weighted by Gasteiger charge is -2.12.